The van der Waals surface area contributed by atoms with Crippen LogP contribution in [0.15, 0.2) is 18.2 Å². The van der Waals surface area contributed by atoms with Crippen LogP contribution in [0.1, 0.15) is 71.7 Å². The zero-order chi connectivity index (χ0) is 19.3. The first-order valence-corrected chi connectivity index (χ1v) is 10.6. The first-order valence-electron chi connectivity index (χ1n) is 9.81. The van der Waals surface area contributed by atoms with Crippen molar-refractivity contribution in [1.82, 2.24) is 5.32 Å². The third kappa shape index (κ3) is 3.12. The molecular formula is C22H28N2O2S. The van der Waals surface area contributed by atoms with Crippen molar-refractivity contribution in [2.75, 3.05) is 5.32 Å². The summed E-state index contributed by atoms with van der Waals surface area (Å²) in [5, 5.41) is 17.7. The number of fused-ring (bicyclic) bond motifs is 3. The summed E-state index contributed by atoms with van der Waals surface area (Å²) in [6.45, 7) is 8.97. The Morgan fingerprint density at radius 1 is 1.30 bits per heavy atom. The molecule has 0 saturated carbocycles. The standard InChI is InChI=1S/C22H28N2O2S/c1-5-22(3,4)13-7-8-14-17(11-13)27-21-18(14)20(26)23-19(24-21)15-10-12(2)6-9-16(15)25/h6,9-10,13,19,24-25H,5,7-8,11H2,1-4H3,(H,23,26)/t13-,19-/m0/s1. The van der Waals surface area contributed by atoms with E-state index < -0.39 is 6.17 Å². The van der Waals surface area contributed by atoms with E-state index in [4.69, 9.17) is 0 Å². The van der Waals surface area contributed by atoms with Gasteiger partial charge in [0.2, 0.25) is 0 Å². The van der Waals surface area contributed by atoms with Gasteiger partial charge in [-0.15, -0.1) is 11.3 Å². The van der Waals surface area contributed by atoms with Crippen LogP contribution < -0.4 is 10.6 Å². The third-order valence-corrected chi connectivity index (χ3v) is 7.74. The lowest BCUT2D eigenvalue weighted by molar-refractivity contribution is 0.0934. The molecule has 2 atom stereocenters. The molecule has 0 saturated heterocycles. The van der Waals surface area contributed by atoms with Gasteiger partial charge in [-0.05, 0) is 55.2 Å². The van der Waals surface area contributed by atoms with Crippen molar-refractivity contribution in [3.8, 4) is 5.75 Å². The van der Waals surface area contributed by atoms with Gasteiger partial charge in [0.05, 0.1) is 5.56 Å². The summed E-state index contributed by atoms with van der Waals surface area (Å²) in [5.41, 5.74) is 4.15. The van der Waals surface area contributed by atoms with Crippen molar-refractivity contribution in [1.29, 1.82) is 0 Å². The van der Waals surface area contributed by atoms with Crippen molar-refractivity contribution < 1.29 is 9.90 Å². The Kier molecular flexibility index (Phi) is 4.46. The molecule has 2 aromatic rings. The zero-order valence-electron chi connectivity index (χ0n) is 16.5. The molecule has 1 aromatic carbocycles. The third-order valence-electron chi connectivity index (χ3n) is 6.55. The molecule has 144 valence electrons. The van der Waals surface area contributed by atoms with Crippen LogP contribution in [0.4, 0.5) is 5.00 Å². The van der Waals surface area contributed by atoms with Crippen molar-refractivity contribution in [3.63, 3.8) is 0 Å². The van der Waals surface area contributed by atoms with Crippen molar-refractivity contribution in [3.05, 3.63) is 45.3 Å². The van der Waals surface area contributed by atoms with Gasteiger partial charge in [0.15, 0.2) is 0 Å². The molecule has 1 amide bonds. The number of rotatable bonds is 3. The van der Waals surface area contributed by atoms with E-state index >= 15 is 0 Å². The summed E-state index contributed by atoms with van der Waals surface area (Å²) >= 11 is 1.73. The monoisotopic (exact) mass is 384 g/mol. The van der Waals surface area contributed by atoms with Crippen LogP contribution in [0.5, 0.6) is 5.75 Å². The van der Waals surface area contributed by atoms with E-state index in [1.54, 1.807) is 17.4 Å². The quantitative estimate of drug-likeness (QED) is 0.685. The second-order valence-corrected chi connectivity index (χ2v) is 9.71. The minimum absolute atomic E-state index is 0.0274. The minimum atomic E-state index is -0.395. The Bertz CT molecular complexity index is 900. The van der Waals surface area contributed by atoms with Crippen LogP contribution in [0.3, 0.4) is 0 Å². The highest BCUT2D eigenvalue weighted by atomic mass is 32.1. The molecule has 5 heteroatoms. The lowest BCUT2D eigenvalue weighted by atomic mass is 9.69. The van der Waals surface area contributed by atoms with Crippen LogP contribution in [0, 0.1) is 18.3 Å². The maximum Gasteiger partial charge on any atom is 0.256 e. The number of aromatic hydroxyl groups is 1. The largest absolute Gasteiger partial charge is 0.508 e. The number of thiophene rings is 1. The smallest absolute Gasteiger partial charge is 0.256 e. The molecule has 2 heterocycles. The van der Waals surface area contributed by atoms with Gasteiger partial charge < -0.3 is 15.7 Å². The molecule has 0 radical (unpaired) electrons. The number of hydrogen-bond acceptors (Lipinski definition) is 4. The van der Waals surface area contributed by atoms with E-state index in [0.717, 1.165) is 35.4 Å². The van der Waals surface area contributed by atoms with E-state index in [1.165, 1.54) is 16.9 Å². The highest BCUT2D eigenvalue weighted by molar-refractivity contribution is 7.16. The van der Waals surface area contributed by atoms with Gasteiger partial charge in [-0.3, -0.25) is 4.79 Å². The first-order chi connectivity index (χ1) is 12.8. The molecule has 0 fully saturated rings. The van der Waals surface area contributed by atoms with E-state index in [-0.39, 0.29) is 11.7 Å². The number of phenolic OH excluding ortho intramolecular Hbond substituents is 1. The molecular weight excluding hydrogens is 356 g/mol. The molecule has 3 N–H and O–H groups in total. The van der Waals surface area contributed by atoms with Gasteiger partial charge in [-0.2, -0.15) is 0 Å². The van der Waals surface area contributed by atoms with Crippen molar-refractivity contribution in [2.24, 2.45) is 11.3 Å². The van der Waals surface area contributed by atoms with Crippen molar-refractivity contribution in [2.45, 2.75) is 59.5 Å². The summed E-state index contributed by atoms with van der Waals surface area (Å²) in [4.78, 5) is 14.3. The summed E-state index contributed by atoms with van der Waals surface area (Å²) in [6, 6.07) is 5.48. The van der Waals surface area contributed by atoms with E-state index in [0.29, 0.717) is 16.9 Å². The molecule has 0 unspecified atom stereocenters. The molecule has 0 bridgehead atoms. The fourth-order valence-electron chi connectivity index (χ4n) is 4.31. The zero-order valence-corrected chi connectivity index (χ0v) is 17.3. The van der Waals surface area contributed by atoms with Crippen LogP contribution in [0.25, 0.3) is 0 Å². The average molecular weight is 385 g/mol. The average Bonchev–Trinajstić information content (AvgIpc) is 3.01. The molecule has 4 nitrogen and oxygen atoms in total. The SMILES string of the molecule is CCC(C)(C)[C@H]1CCc2c(sc3c2C(=O)N[C@H](c2cc(C)ccc2O)N3)C1. The first kappa shape index (κ1) is 18.4. The van der Waals surface area contributed by atoms with Gasteiger partial charge in [-0.1, -0.05) is 38.8 Å². The molecule has 27 heavy (non-hydrogen) atoms. The van der Waals surface area contributed by atoms with Crippen LogP contribution in [-0.2, 0) is 12.8 Å². The molecule has 4 rings (SSSR count). The number of carbonyl (C=O) groups excluding carboxylic acids is 1. The number of phenols is 1. The van der Waals surface area contributed by atoms with E-state index in [1.807, 2.05) is 19.1 Å². The summed E-state index contributed by atoms with van der Waals surface area (Å²) in [7, 11) is 0. The second-order valence-electron chi connectivity index (χ2n) is 8.60. The maximum atomic E-state index is 12.9. The highest BCUT2D eigenvalue weighted by Gasteiger charge is 2.37. The lowest BCUT2D eigenvalue weighted by Gasteiger charge is -2.36. The number of amides is 1. The summed E-state index contributed by atoms with van der Waals surface area (Å²) in [6.07, 6.45) is 3.96. The Labute approximate surface area is 165 Å². The predicted molar refractivity (Wildman–Crippen MR) is 111 cm³/mol. The normalized spacial score (nSPS) is 21.9. The second kappa shape index (κ2) is 6.55. The van der Waals surface area contributed by atoms with Gasteiger partial charge in [0, 0.05) is 10.4 Å². The van der Waals surface area contributed by atoms with Crippen LogP contribution in [0.2, 0.25) is 0 Å². The molecule has 0 spiro atoms. The van der Waals surface area contributed by atoms with Gasteiger partial charge in [-0.25, -0.2) is 0 Å². The number of carbonyl (C=O) groups is 1. The van der Waals surface area contributed by atoms with Crippen LogP contribution >= 0.6 is 11.3 Å². The van der Waals surface area contributed by atoms with Gasteiger partial charge in [0.25, 0.3) is 5.91 Å². The van der Waals surface area contributed by atoms with Gasteiger partial charge in [0.1, 0.15) is 16.9 Å². The Hall–Kier alpha value is -2.01. The summed E-state index contributed by atoms with van der Waals surface area (Å²) in [5.74, 6) is 0.836. The fraction of sp³-hybridized carbons (Fsp3) is 0.500. The summed E-state index contributed by atoms with van der Waals surface area (Å²) < 4.78 is 0. The van der Waals surface area contributed by atoms with Crippen molar-refractivity contribution >= 4 is 22.2 Å². The molecule has 1 aliphatic heterocycles. The number of benzene rings is 1. The number of nitrogens with one attached hydrogen (secondary N) is 2. The Morgan fingerprint density at radius 2 is 2.07 bits per heavy atom. The topological polar surface area (TPSA) is 61.4 Å². The van der Waals surface area contributed by atoms with Gasteiger partial charge >= 0.3 is 0 Å². The maximum absolute atomic E-state index is 12.9. The Balaban J connectivity index is 1.66. The Morgan fingerprint density at radius 3 is 2.81 bits per heavy atom. The molecule has 2 aliphatic rings. The number of hydrogen-bond donors (Lipinski definition) is 3. The van der Waals surface area contributed by atoms with Crippen LogP contribution in [-0.4, -0.2) is 11.0 Å². The lowest BCUT2D eigenvalue weighted by Crippen LogP contribution is -2.38. The molecule has 1 aromatic heterocycles. The number of anilines is 1. The van der Waals surface area contributed by atoms with E-state index in [2.05, 4.69) is 31.4 Å². The van der Waals surface area contributed by atoms with E-state index in [9.17, 15) is 9.90 Å². The minimum Gasteiger partial charge on any atom is -0.508 e. The number of aryl methyl sites for hydroxylation is 1. The fourth-order valence-corrected chi connectivity index (χ4v) is 5.67. The predicted octanol–water partition coefficient (Wildman–Crippen LogP) is 5.16. The molecule has 1 aliphatic carbocycles. The highest BCUT2D eigenvalue weighted by Crippen LogP contribution is 2.47.